The number of fused-ring (bicyclic) bond motifs is 1. The predicted octanol–water partition coefficient (Wildman–Crippen LogP) is 13.9. The van der Waals surface area contributed by atoms with Crippen molar-refractivity contribution in [3.05, 3.63) is 108 Å². The first-order valence-corrected chi connectivity index (χ1v) is 20.0. The van der Waals surface area contributed by atoms with Crippen LogP contribution in [0.15, 0.2) is 97.1 Å². The molecule has 4 aromatic rings. The van der Waals surface area contributed by atoms with Gasteiger partial charge in [-0.2, -0.15) is 0 Å². The third-order valence-electron chi connectivity index (χ3n) is 12.4. The first-order chi connectivity index (χ1) is 24.0. The number of hydrogen-bond acceptors (Lipinski definition) is 2. The maximum Gasteiger partial charge on any atom is 0.0879 e. The van der Waals surface area contributed by atoms with Crippen LogP contribution in [0.5, 0.6) is 0 Å². The van der Waals surface area contributed by atoms with Gasteiger partial charge < -0.3 is 9.47 Å². The zero-order chi connectivity index (χ0) is 35.7. The number of hydrogen-bond donors (Lipinski definition) is 0. The molecule has 0 heterocycles. The zero-order valence-corrected chi connectivity index (χ0v) is 32.6. The molecule has 0 spiro atoms. The molecule has 2 unspecified atom stereocenters. The Bertz CT molecular complexity index is 1570. The van der Waals surface area contributed by atoms with Crippen molar-refractivity contribution in [2.45, 2.75) is 143 Å². The smallest absolute Gasteiger partial charge is 0.0879 e. The van der Waals surface area contributed by atoms with Gasteiger partial charge in [0.05, 0.1) is 23.4 Å². The van der Waals surface area contributed by atoms with Crippen molar-refractivity contribution in [2.75, 3.05) is 0 Å². The van der Waals surface area contributed by atoms with Crippen LogP contribution >= 0.6 is 0 Å². The average Bonchev–Trinajstić information content (AvgIpc) is 3.15. The van der Waals surface area contributed by atoms with Gasteiger partial charge in [-0.1, -0.05) is 132 Å². The van der Waals surface area contributed by atoms with Gasteiger partial charge in [0.1, 0.15) is 0 Å². The van der Waals surface area contributed by atoms with Gasteiger partial charge >= 0.3 is 0 Å². The second-order valence-electron chi connectivity index (χ2n) is 16.6. The van der Waals surface area contributed by atoms with Gasteiger partial charge in [-0.15, -0.1) is 0 Å². The van der Waals surface area contributed by atoms with Gasteiger partial charge in [0, 0.05) is 0 Å². The lowest BCUT2D eigenvalue weighted by molar-refractivity contribution is -0.0957. The van der Waals surface area contributed by atoms with Crippen LogP contribution < -0.4 is 0 Å². The highest BCUT2D eigenvalue weighted by Crippen LogP contribution is 2.39. The van der Waals surface area contributed by atoms with E-state index in [1.807, 2.05) is 0 Å². The average molecular weight is 675 g/mol. The summed E-state index contributed by atoms with van der Waals surface area (Å²) in [4.78, 5) is 0. The molecule has 0 radical (unpaired) electrons. The fraction of sp³-hybridized carbons (Fsp3) is 0.542. The van der Waals surface area contributed by atoms with Crippen molar-refractivity contribution in [3.63, 3.8) is 0 Å². The van der Waals surface area contributed by atoms with Gasteiger partial charge in [0.25, 0.3) is 0 Å². The molecule has 0 saturated heterocycles. The second-order valence-corrected chi connectivity index (χ2v) is 16.6. The molecule has 2 heteroatoms. The van der Waals surface area contributed by atoms with E-state index in [1.165, 1.54) is 97.2 Å². The van der Waals surface area contributed by atoms with Crippen LogP contribution in [0, 0.1) is 23.7 Å². The summed E-state index contributed by atoms with van der Waals surface area (Å²) in [7, 11) is 0. The summed E-state index contributed by atoms with van der Waals surface area (Å²) in [6, 6.07) is 34.8. The first kappa shape index (κ1) is 38.3. The van der Waals surface area contributed by atoms with Crippen LogP contribution in [-0.4, -0.2) is 12.2 Å². The van der Waals surface area contributed by atoms with E-state index in [1.54, 1.807) is 0 Å². The summed E-state index contributed by atoms with van der Waals surface area (Å²) < 4.78 is 13.1. The van der Waals surface area contributed by atoms with Gasteiger partial charge in [-0.25, -0.2) is 0 Å². The van der Waals surface area contributed by atoms with Crippen LogP contribution in [-0.2, 0) is 20.7 Å². The minimum atomic E-state index is -0.233. The van der Waals surface area contributed by atoms with Crippen LogP contribution in [0.2, 0.25) is 0 Å². The maximum absolute atomic E-state index is 6.58. The number of ether oxygens (including phenoxy) is 2. The maximum atomic E-state index is 6.58. The largest absolute Gasteiger partial charge is 0.368 e. The molecular formula is C48H66O2. The molecule has 50 heavy (non-hydrogen) atoms. The molecule has 2 aliphatic carbocycles. The molecule has 2 aliphatic rings. The SMILES string of the molecule is CCC(C)C1CCC(OC(C)(C)c2ccc(-c3ccccc3)cc2)CC1.CCC(C)C1CCC(OC(C)(C)c2ccc3ccccc3c2)CC1. The fourth-order valence-corrected chi connectivity index (χ4v) is 8.45. The molecule has 0 aliphatic heterocycles. The van der Waals surface area contributed by atoms with Crippen molar-refractivity contribution in [1.29, 1.82) is 0 Å². The summed E-state index contributed by atoms with van der Waals surface area (Å²) in [5.74, 6) is 3.51. The Kier molecular flexibility index (Phi) is 13.4. The van der Waals surface area contributed by atoms with E-state index in [9.17, 15) is 0 Å². The summed E-state index contributed by atoms with van der Waals surface area (Å²) in [5.41, 5.74) is 4.62. The van der Waals surface area contributed by atoms with E-state index in [2.05, 4.69) is 152 Å². The van der Waals surface area contributed by atoms with E-state index in [0.717, 1.165) is 23.7 Å². The molecule has 0 N–H and O–H groups in total. The first-order valence-electron chi connectivity index (χ1n) is 20.0. The third-order valence-corrected chi connectivity index (χ3v) is 12.4. The second kappa shape index (κ2) is 17.5. The van der Waals surface area contributed by atoms with Gasteiger partial charge in [0.15, 0.2) is 0 Å². The van der Waals surface area contributed by atoms with E-state index in [-0.39, 0.29) is 11.2 Å². The monoisotopic (exact) mass is 675 g/mol. The molecule has 2 atom stereocenters. The zero-order valence-electron chi connectivity index (χ0n) is 32.6. The molecule has 2 fully saturated rings. The normalized spacial score (nSPS) is 22.7. The Balaban J connectivity index is 0.000000195. The Morgan fingerprint density at radius 2 is 0.920 bits per heavy atom. The van der Waals surface area contributed by atoms with Gasteiger partial charge in [-0.05, 0) is 142 Å². The molecule has 270 valence electrons. The highest BCUT2D eigenvalue weighted by molar-refractivity contribution is 5.83. The minimum absolute atomic E-state index is 0.224. The molecule has 6 rings (SSSR count). The fourth-order valence-electron chi connectivity index (χ4n) is 8.45. The highest BCUT2D eigenvalue weighted by Gasteiger charge is 2.32. The summed E-state index contributed by atoms with van der Waals surface area (Å²) in [6.45, 7) is 18.3. The predicted molar refractivity (Wildman–Crippen MR) is 214 cm³/mol. The Morgan fingerprint density at radius 1 is 0.500 bits per heavy atom. The molecule has 0 aromatic heterocycles. The summed E-state index contributed by atoms with van der Waals surface area (Å²) in [5, 5.41) is 2.60. The molecule has 4 aromatic carbocycles. The molecule has 0 bridgehead atoms. The minimum Gasteiger partial charge on any atom is -0.368 e. The topological polar surface area (TPSA) is 18.5 Å². The Labute approximate surface area is 305 Å². The van der Waals surface area contributed by atoms with Crippen LogP contribution in [0.4, 0.5) is 0 Å². The van der Waals surface area contributed by atoms with E-state index in [0.29, 0.717) is 12.2 Å². The quantitative estimate of drug-likeness (QED) is 0.158. The van der Waals surface area contributed by atoms with E-state index in [4.69, 9.17) is 9.47 Å². The molecule has 2 nitrogen and oxygen atoms in total. The number of benzene rings is 4. The van der Waals surface area contributed by atoms with Crippen molar-refractivity contribution in [1.82, 2.24) is 0 Å². The Hall–Kier alpha value is -2.94. The molecular weight excluding hydrogens is 609 g/mol. The van der Waals surface area contributed by atoms with Crippen LogP contribution in [0.25, 0.3) is 21.9 Å². The summed E-state index contributed by atoms with van der Waals surface area (Å²) in [6.07, 6.45) is 13.6. The van der Waals surface area contributed by atoms with Gasteiger partial charge in [-0.3, -0.25) is 0 Å². The van der Waals surface area contributed by atoms with Crippen molar-refractivity contribution in [3.8, 4) is 11.1 Å². The van der Waals surface area contributed by atoms with E-state index >= 15 is 0 Å². The van der Waals surface area contributed by atoms with Crippen molar-refractivity contribution in [2.24, 2.45) is 23.7 Å². The van der Waals surface area contributed by atoms with Gasteiger partial charge in [0.2, 0.25) is 0 Å². The van der Waals surface area contributed by atoms with Crippen molar-refractivity contribution >= 4 is 10.8 Å². The summed E-state index contributed by atoms with van der Waals surface area (Å²) >= 11 is 0. The number of rotatable bonds is 11. The molecule has 2 saturated carbocycles. The van der Waals surface area contributed by atoms with E-state index < -0.39 is 0 Å². The lowest BCUT2D eigenvalue weighted by atomic mass is 9.78. The highest BCUT2D eigenvalue weighted by atomic mass is 16.5. The van der Waals surface area contributed by atoms with Crippen molar-refractivity contribution < 1.29 is 9.47 Å². The lowest BCUT2D eigenvalue weighted by Gasteiger charge is -2.37. The van der Waals surface area contributed by atoms with Crippen LogP contribution in [0.3, 0.4) is 0 Å². The van der Waals surface area contributed by atoms with Crippen LogP contribution in [0.1, 0.15) is 131 Å². The standard InChI is InChI=1S/C25H34O.C23H32O/c1-5-19(2)20-13-17-24(18-14-20)26-25(3,4)23-15-11-22(12-16-23)21-9-7-6-8-10-21;1-5-17(2)18-11-14-22(15-12-18)24-23(3,4)21-13-10-19-8-6-7-9-20(19)16-21/h6-12,15-16,19-20,24H,5,13-14,17-18H2,1-4H3;6-10,13,16-18,22H,5,11-12,14-15H2,1-4H3. The Morgan fingerprint density at radius 3 is 1.42 bits per heavy atom. The molecule has 0 amide bonds. The third kappa shape index (κ3) is 10.1. The lowest BCUT2D eigenvalue weighted by Crippen LogP contribution is -2.32.